The molecule has 43 heavy (non-hydrogen) atoms. The van der Waals surface area contributed by atoms with Crippen LogP contribution in [0.25, 0.3) is 0 Å². The van der Waals surface area contributed by atoms with Gasteiger partial charge in [-0.05, 0) is 89.5 Å². The molecular weight excluding hydrogens is 532 g/mol. The van der Waals surface area contributed by atoms with Crippen LogP contribution in [0.2, 0.25) is 0 Å². The van der Waals surface area contributed by atoms with Gasteiger partial charge in [0, 0.05) is 12.8 Å². The highest BCUT2D eigenvalue weighted by Gasteiger charge is 2.11. The molecule has 0 amide bonds. The number of ether oxygens (including phenoxy) is 1. The number of unbranched alkanes of at least 4 members (excludes halogenated alkanes) is 11. The Morgan fingerprint density at radius 2 is 1.05 bits per heavy atom. The summed E-state index contributed by atoms with van der Waals surface area (Å²) in [6.45, 7) is 4.38. The second-order valence-electron chi connectivity index (χ2n) is 11.3. The van der Waals surface area contributed by atoms with Crippen molar-refractivity contribution in [3.63, 3.8) is 0 Å². The molecule has 0 aromatic rings. The van der Waals surface area contributed by atoms with Crippen LogP contribution in [0.15, 0.2) is 72.9 Å². The summed E-state index contributed by atoms with van der Waals surface area (Å²) in [5.41, 5.74) is 0. The van der Waals surface area contributed by atoms with E-state index in [0.29, 0.717) is 12.8 Å². The molecule has 0 saturated carbocycles. The zero-order valence-electron chi connectivity index (χ0n) is 27.7. The summed E-state index contributed by atoms with van der Waals surface area (Å²) in [5, 5.41) is 8.79. The summed E-state index contributed by atoms with van der Waals surface area (Å²) in [6, 6.07) is 0. The maximum atomic E-state index is 12.5. The normalized spacial score (nSPS) is 13.2. The standard InChI is InChI=1S/C39H64O4/c1-3-5-7-9-11-12-13-14-15-16-17-18-19-20-21-22-24-26-32-36-39(42)43-37(33-29-25-23-10-8-6-4-2)34-30-27-28-31-35-38(40)41/h5,7,11-12,14-15,17-18,20-21,29,33,37H,3-4,6,8-10,13,16,19,22-28,30-32,34-36H2,1-2H3,(H,40,41)/b7-5-,12-11-,15-14-,18-17-,21-20-,33-29-. The van der Waals surface area contributed by atoms with Crippen LogP contribution in [0, 0.1) is 0 Å². The molecule has 0 rings (SSSR count). The van der Waals surface area contributed by atoms with Crippen LogP contribution in [0.1, 0.15) is 155 Å². The molecule has 0 bridgehead atoms. The minimum atomic E-state index is -0.730. The molecule has 0 saturated heterocycles. The Hall–Kier alpha value is -2.62. The van der Waals surface area contributed by atoms with Crippen LogP contribution >= 0.6 is 0 Å². The molecule has 0 fully saturated rings. The molecular formula is C39H64O4. The van der Waals surface area contributed by atoms with Gasteiger partial charge in [-0.15, -0.1) is 0 Å². The van der Waals surface area contributed by atoms with Crippen molar-refractivity contribution in [3.05, 3.63) is 72.9 Å². The maximum absolute atomic E-state index is 12.5. The molecule has 0 aromatic carbocycles. The van der Waals surface area contributed by atoms with E-state index in [2.05, 4.69) is 86.8 Å². The largest absolute Gasteiger partial charge is 0.481 e. The Morgan fingerprint density at radius 1 is 0.558 bits per heavy atom. The van der Waals surface area contributed by atoms with Gasteiger partial charge in [0.05, 0.1) is 0 Å². The van der Waals surface area contributed by atoms with Crippen molar-refractivity contribution in [2.45, 2.75) is 161 Å². The van der Waals surface area contributed by atoms with Gasteiger partial charge in [-0.2, -0.15) is 0 Å². The minimum absolute atomic E-state index is 0.0987. The average molecular weight is 597 g/mol. The third-order valence-corrected chi connectivity index (χ3v) is 7.15. The molecule has 244 valence electrons. The molecule has 1 atom stereocenters. The number of hydrogen-bond donors (Lipinski definition) is 1. The van der Waals surface area contributed by atoms with Gasteiger partial charge >= 0.3 is 11.9 Å². The van der Waals surface area contributed by atoms with Crippen molar-refractivity contribution >= 4 is 11.9 Å². The van der Waals surface area contributed by atoms with E-state index in [1.165, 1.54) is 32.1 Å². The number of aliphatic carboxylic acids is 1. The number of carboxylic acids is 1. The first-order chi connectivity index (χ1) is 21.1. The SMILES string of the molecule is CC/C=C\C/C=C\C/C=C\C/C=C\C/C=C\CCCCCC(=O)OC(/C=C\CCCCCCC)CCCCCCC(=O)O. The quantitative estimate of drug-likeness (QED) is 0.0509. The number of esters is 1. The molecule has 1 unspecified atom stereocenters. The van der Waals surface area contributed by atoms with E-state index in [0.717, 1.165) is 89.9 Å². The van der Waals surface area contributed by atoms with Crippen LogP contribution in [-0.4, -0.2) is 23.1 Å². The summed E-state index contributed by atoms with van der Waals surface area (Å²) in [5.74, 6) is -0.829. The number of rotatable bonds is 30. The van der Waals surface area contributed by atoms with Crippen LogP contribution in [0.5, 0.6) is 0 Å². The lowest BCUT2D eigenvalue weighted by Gasteiger charge is -2.15. The number of allylic oxidation sites excluding steroid dienone is 11. The van der Waals surface area contributed by atoms with Gasteiger partial charge in [-0.25, -0.2) is 0 Å². The molecule has 0 aliphatic rings. The molecule has 0 aliphatic carbocycles. The zero-order chi connectivity index (χ0) is 31.5. The minimum Gasteiger partial charge on any atom is -0.481 e. The highest BCUT2D eigenvalue weighted by atomic mass is 16.5. The Balaban J connectivity index is 4.07. The van der Waals surface area contributed by atoms with Crippen LogP contribution in [-0.2, 0) is 14.3 Å². The lowest BCUT2D eigenvalue weighted by molar-refractivity contribution is -0.147. The smallest absolute Gasteiger partial charge is 0.306 e. The summed E-state index contributed by atoms with van der Waals surface area (Å²) in [7, 11) is 0. The Morgan fingerprint density at radius 3 is 1.65 bits per heavy atom. The fourth-order valence-corrected chi connectivity index (χ4v) is 4.59. The van der Waals surface area contributed by atoms with E-state index in [4.69, 9.17) is 9.84 Å². The molecule has 4 nitrogen and oxygen atoms in total. The van der Waals surface area contributed by atoms with Crippen LogP contribution in [0.3, 0.4) is 0 Å². The van der Waals surface area contributed by atoms with Crippen molar-refractivity contribution in [1.29, 1.82) is 0 Å². The van der Waals surface area contributed by atoms with Crippen molar-refractivity contribution in [1.82, 2.24) is 0 Å². The Bertz CT molecular complexity index is 815. The monoisotopic (exact) mass is 596 g/mol. The predicted octanol–water partition coefficient (Wildman–Crippen LogP) is 11.9. The molecule has 0 heterocycles. The summed E-state index contributed by atoms with van der Waals surface area (Å²) >= 11 is 0. The van der Waals surface area contributed by atoms with E-state index < -0.39 is 5.97 Å². The third kappa shape index (κ3) is 33.7. The number of carboxylic acid groups (broad SMARTS) is 1. The molecule has 0 aromatic heterocycles. The number of hydrogen-bond acceptors (Lipinski definition) is 3. The van der Waals surface area contributed by atoms with E-state index in [-0.39, 0.29) is 18.5 Å². The summed E-state index contributed by atoms with van der Waals surface area (Å²) < 4.78 is 5.83. The Labute approximate surface area is 265 Å². The maximum Gasteiger partial charge on any atom is 0.306 e. The third-order valence-electron chi connectivity index (χ3n) is 7.15. The zero-order valence-corrected chi connectivity index (χ0v) is 27.7. The molecule has 0 aliphatic heterocycles. The van der Waals surface area contributed by atoms with Crippen molar-refractivity contribution in [2.24, 2.45) is 0 Å². The second kappa shape index (κ2) is 33.9. The second-order valence-corrected chi connectivity index (χ2v) is 11.3. The first-order valence-electron chi connectivity index (χ1n) is 17.4. The molecule has 0 spiro atoms. The summed E-state index contributed by atoms with van der Waals surface area (Å²) in [4.78, 5) is 23.2. The van der Waals surface area contributed by atoms with Gasteiger partial charge in [0.25, 0.3) is 0 Å². The average Bonchev–Trinajstić information content (AvgIpc) is 2.99. The van der Waals surface area contributed by atoms with Gasteiger partial charge in [0.15, 0.2) is 0 Å². The number of carbonyl (C=O) groups excluding carboxylic acids is 1. The molecule has 4 heteroatoms. The topological polar surface area (TPSA) is 63.6 Å². The molecule has 0 radical (unpaired) electrons. The fraction of sp³-hybridized carbons (Fsp3) is 0.641. The summed E-state index contributed by atoms with van der Waals surface area (Å²) in [6.07, 6.45) is 47.8. The van der Waals surface area contributed by atoms with Crippen molar-refractivity contribution in [3.8, 4) is 0 Å². The van der Waals surface area contributed by atoms with E-state index in [1.54, 1.807) is 0 Å². The lowest BCUT2D eigenvalue weighted by Crippen LogP contribution is -2.16. The van der Waals surface area contributed by atoms with Gasteiger partial charge in [0.2, 0.25) is 0 Å². The van der Waals surface area contributed by atoms with Crippen LogP contribution < -0.4 is 0 Å². The lowest BCUT2D eigenvalue weighted by atomic mass is 10.1. The molecule has 1 N–H and O–H groups in total. The fourth-order valence-electron chi connectivity index (χ4n) is 4.59. The van der Waals surface area contributed by atoms with Crippen molar-refractivity contribution < 1.29 is 19.4 Å². The van der Waals surface area contributed by atoms with Gasteiger partial charge in [-0.3, -0.25) is 9.59 Å². The highest BCUT2D eigenvalue weighted by molar-refractivity contribution is 5.69. The van der Waals surface area contributed by atoms with E-state index >= 15 is 0 Å². The van der Waals surface area contributed by atoms with Gasteiger partial charge < -0.3 is 9.84 Å². The highest BCUT2D eigenvalue weighted by Crippen LogP contribution is 2.14. The van der Waals surface area contributed by atoms with E-state index in [9.17, 15) is 9.59 Å². The van der Waals surface area contributed by atoms with Gasteiger partial charge in [-0.1, -0.05) is 126 Å². The predicted molar refractivity (Wildman–Crippen MR) is 185 cm³/mol. The van der Waals surface area contributed by atoms with Gasteiger partial charge in [0.1, 0.15) is 6.10 Å². The van der Waals surface area contributed by atoms with Crippen molar-refractivity contribution in [2.75, 3.05) is 0 Å². The number of carbonyl (C=O) groups is 2. The first kappa shape index (κ1) is 40.4. The first-order valence-corrected chi connectivity index (χ1v) is 17.4. The Kier molecular flexibility index (Phi) is 31.8. The van der Waals surface area contributed by atoms with E-state index in [1.807, 2.05) is 0 Å². The van der Waals surface area contributed by atoms with Crippen LogP contribution in [0.4, 0.5) is 0 Å².